The zero-order chi connectivity index (χ0) is 22.1. The lowest BCUT2D eigenvalue weighted by molar-refractivity contribution is -0.166. The van der Waals surface area contributed by atoms with Gasteiger partial charge in [-0.05, 0) is 62.9 Å². The molecule has 0 saturated carbocycles. The Bertz CT molecular complexity index is 706. The molecule has 1 saturated heterocycles. The van der Waals surface area contributed by atoms with E-state index in [0.717, 1.165) is 25.7 Å². The highest BCUT2D eigenvalue weighted by atomic mass is 16.6. The molecule has 0 spiro atoms. The predicted octanol–water partition coefficient (Wildman–Crippen LogP) is 4.59. The minimum atomic E-state index is -0.601. The van der Waals surface area contributed by atoms with Gasteiger partial charge in [-0.25, -0.2) is 0 Å². The fourth-order valence-corrected chi connectivity index (χ4v) is 5.08. The quantitative estimate of drug-likeness (QED) is 0.639. The fraction of sp³-hybridized carbons (Fsp3) is 0.760. The Labute approximate surface area is 180 Å². The molecule has 0 aromatic heterocycles. The van der Waals surface area contributed by atoms with Gasteiger partial charge < -0.3 is 14.6 Å². The van der Waals surface area contributed by atoms with Crippen LogP contribution in [0.2, 0.25) is 0 Å². The first-order chi connectivity index (χ1) is 14.1. The van der Waals surface area contributed by atoms with Gasteiger partial charge in [-0.3, -0.25) is 9.59 Å². The number of aliphatic hydroxyl groups excluding tert-OH is 1. The Morgan fingerprint density at radius 2 is 2.00 bits per heavy atom. The number of aliphatic hydroxyl groups is 1. The van der Waals surface area contributed by atoms with Crippen molar-refractivity contribution in [2.75, 3.05) is 0 Å². The summed E-state index contributed by atoms with van der Waals surface area (Å²) >= 11 is 0. The average Bonchev–Trinajstić information content (AvgIpc) is 2.66. The molecule has 0 radical (unpaired) electrons. The van der Waals surface area contributed by atoms with Gasteiger partial charge in [0.05, 0.1) is 17.9 Å². The van der Waals surface area contributed by atoms with Crippen molar-refractivity contribution in [3.8, 4) is 0 Å². The van der Waals surface area contributed by atoms with Crippen molar-refractivity contribution >= 4 is 11.9 Å². The van der Waals surface area contributed by atoms with Crippen molar-refractivity contribution in [3.63, 3.8) is 0 Å². The van der Waals surface area contributed by atoms with Gasteiger partial charge in [-0.2, -0.15) is 0 Å². The van der Waals surface area contributed by atoms with Crippen molar-refractivity contribution in [1.82, 2.24) is 0 Å². The third-order valence-corrected chi connectivity index (χ3v) is 7.35. The van der Waals surface area contributed by atoms with E-state index in [2.05, 4.69) is 32.1 Å². The van der Waals surface area contributed by atoms with Crippen LogP contribution in [0, 0.1) is 29.1 Å². The van der Waals surface area contributed by atoms with Crippen LogP contribution in [0.4, 0.5) is 0 Å². The van der Waals surface area contributed by atoms with Crippen LogP contribution in [-0.2, 0) is 19.1 Å². The van der Waals surface area contributed by atoms with Crippen LogP contribution in [0.15, 0.2) is 23.8 Å². The second-order valence-electron chi connectivity index (χ2n) is 10.3. The van der Waals surface area contributed by atoms with Crippen LogP contribution < -0.4 is 0 Å². The number of carbonyl (C=O) groups excluding carboxylic acids is 2. The molecule has 1 fully saturated rings. The van der Waals surface area contributed by atoms with E-state index in [9.17, 15) is 14.7 Å². The highest BCUT2D eigenvalue weighted by molar-refractivity contribution is 5.76. The van der Waals surface area contributed by atoms with E-state index in [1.807, 2.05) is 20.8 Å². The average molecular weight is 419 g/mol. The molecule has 1 aliphatic heterocycles. The third kappa shape index (κ3) is 5.16. The van der Waals surface area contributed by atoms with Gasteiger partial charge in [-0.15, -0.1) is 0 Å². The molecule has 7 atom stereocenters. The number of esters is 2. The van der Waals surface area contributed by atoms with Gasteiger partial charge in [0.15, 0.2) is 0 Å². The van der Waals surface area contributed by atoms with Crippen LogP contribution in [0.25, 0.3) is 0 Å². The zero-order valence-electron chi connectivity index (χ0n) is 19.1. The number of ether oxygens (including phenoxy) is 2. The molecule has 3 aliphatic rings. The molecule has 2 aliphatic carbocycles. The molecule has 168 valence electrons. The van der Waals surface area contributed by atoms with Gasteiger partial charge in [-0.1, -0.05) is 39.0 Å². The Hall–Kier alpha value is -1.62. The summed E-state index contributed by atoms with van der Waals surface area (Å²) in [6.45, 7) is 10.3. The molecule has 0 aromatic rings. The Kier molecular flexibility index (Phi) is 7.11. The van der Waals surface area contributed by atoms with Crippen molar-refractivity contribution in [2.45, 2.75) is 91.5 Å². The number of fused-ring (bicyclic) bond motifs is 1. The van der Waals surface area contributed by atoms with E-state index in [1.165, 1.54) is 5.57 Å². The van der Waals surface area contributed by atoms with E-state index in [4.69, 9.17) is 9.47 Å². The summed E-state index contributed by atoms with van der Waals surface area (Å²) in [5.74, 6) is 0.776. The molecule has 0 bridgehead atoms. The Balaban J connectivity index is 1.76. The van der Waals surface area contributed by atoms with Crippen LogP contribution in [0.5, 0.6) is 0 Å². The van der Waals surface area contributed by atoms with E-state index in [0.29, 0.717) is 24.2 Å². The predicted molar refractivity (Wildman–Crippen MR) is 115 cm³/mol. The van der Waals surface area contributed by atoms with Crippen LogP contribution in [-0.4, -0.2) is 35.4 Å². The molecule has 1 heterocycles. The monoisotopic (exact) mass is 418 g/mol. The summed E-state index contributed by atoms with van der Waals surface area (Å²) < 4.78 is 11.6. The number of rotatable bonds is 6. The second kappa shape index (κ2) is 9.25. The maximum absolute atomic E-state index is 12.9. The molecule has 30 heavy (non-hydrogen) atoms. The summed E-state index contributed by atoms with van der Waals surface area (Å²) in [7, 11) is 0. The standard InChI is InChI=1S/C25H38O5/c1-6-25(4,5)24(28)30-21-12-15(2)11-17-8-7-16(3)20(23(17)21)10-9-19-13-18(26)14-22(27)29-19/h7-8,11,15-16,18-21,23,26H,6,9-10,12-14H2,1-5H3/t15-,16+,18+,19-,20+,21+,23-/m1/s1. The highest BCUT2D eigenvalue weighted by Gasteiger charge is 2.43. The smallest absolute Gasteiger partial charge is 0.311 e. The normalized spacial score (nSPS) is 36.5. The Morgan fingerprint density at radius 1 is 1.27 bits per heavy atom. The largest absolute Gasteiger partial charge is 0.462 e. The highest BCUT2D eigenvalue weighted by Crippen LogP contribution is 2.45. The molecule has 0 aromatic carbocycles. The van der Waals surface area contributed by atoms with Crippen LogP contribution in [0.3, 0.4) is 0 Å². The van der Waals surface area contributed by atoms with Crippen molar-refractivity contribution in [2.24, 2.45) is 29.1 Å². The van der Waals surface area contributed by atoms with Crippen molar-refractivity contribution < 1.29 is 24.2 Å². The maximum atomic E-state index is 12.9. The summed E-state index contributed by atoms with van der Waals surface area (Å²) in [6, 6.07) is 0. The maximum Gasteiger partial charge on any atom is 0.311 e. The van der Waals surface area contributed by atoms with Gasteiger partial charge in [0.1, 0.15) is 12.2 Å². The number of hydrogen-bond acceptors (Lipinski definition) is 5. The molecule has 5 nitrogen and oxygen atoms in total. The minimum absolute atomic E-state index is 0.0949. The second-order valence-corrected chi connectivity index (χ2v) is 10.3. The molecule has 3 rings (SSSR count). The summed E-state index contributed by atoms with van der Waals surface area (Å²) in [5, 5.41) is 9.92. The van der Waals surface area contributed by atoms with E-state index in [1.54, 1.807) is 0 Å². The molecule has 0 amide bonds. The number of cyclic esters (lactones) is 1. The molecule has 1 N–H and O–H groups in total. The van der Waals surface area contributed by atoms with Crippen molar-refractivity contribution in [1.29, 1.82) is 0 Å². The zero-order valence-corrected chi connectivity index (χ0v) is 19.1. The topological polar surface area (TPSA) is 72.8 Å². The third-order valence-electron chi connectivity index (χ3n) is 7.35. The van der Waals surface area contributed by atoms with Crippen LogP contribution >= 0.6 is 0 Å². The SMILES string of the molecule is CCC(C)(C)C(=O)O[C@H]1C[C@H](C)C=C2C=C[C@H](C)[C@H](CC[C@@H]3C[C@H](O)CC(=O)O3)[C@@H]21. The molecule has 5 heteroatoms. The number of allylic oxidation sites excluding steroid dienone is 3. The first-order valence-electron chi connectivity index (χ1n) is 11.6. The van der Waals surface area contributed by atoms with Gasteiger partial charge in [0.25, 0.3) is 0 Å². The van der Waals surface area contributed by atoms with E-state index < -0.39 is 11.5 Å². The summed E-state index contributed by atoms with van der Waals surface area (Å²) in [5.41, 5.74) is 0.785. The van der Waals surface area contributed by atoms with Crippen LogP contribution in [0.1, 0.15) is 73.1 Å². The first-order valence-corrected chi connectivity index (χ1v) is 11.6. The van der Waals surface area contributed by atoms with E-state index in [-0.39, 0.29) is 36.5 Å². The lowest BCUT2D eigenvalue weighted by Gasteiger charge is -2.44. The van der Waals surface area contributed by atoms with Gasteiger partial charge >= 0.3 is 11.9 Å². The molecular formula is C25H38O5. The fourth-order valence-electron chi connectivity index (χ4n) is 5.08. The summed E-state index contributed by atoms with van der Waals surface area (Å²) in [6.07, 6.45) is 9.61. The Morgan fingerprint density at radius 3 is 2.67 bits per heavy atom. The lowest BCUT2D eigenvalue weighted by Crippen LogP contribution is -2.43. The minimum Gasteiger partial charge on any atom is -0.462 e. The number of carbonyl (C=O) groups is 2. The molecular weight excluding hydrogens is 380 g/mol. The lowest BCUT2D eigenvalue weighted by atomic mass is 9.65. The van der Waals surface area contributed by atoms with Gasteiger partial charge in [0.2, 0.25) is 0 Å². The number of hydrogen-bond donors (Lipinski definition) is 1. The van der Waals surface area contributed by atoms with Crippen molar-refractivity contribution in [3.05, 3.63) is 23.8 Å². The summed E-state index contributed by atoms with van der Waals surface area (Å²) in [4.78, 5) is 24.6. The molecule has 0 unspecified atom stereocenters. The van der Waals surface area contributed by atoms with Gasteiger partial charge in [0, 0.05) is 12.3 Å². The first kappa shape index (κ1) is 23.1. The van der Waals surface area contributed by atoms with E-state index >= 15 is 0 Å².